The summed E-state index contributed by atoms with van der Waals surface area (Å²) in [6, 6.07) is 0. The quantitative estimate of drug-likeness (QED) is 0.653. The fraction of sp³-hybridized carbons (Fsp3) is 0.333. The van der Waals surface area contributed by atoms with Gasteiger partial charge in [0.25, 0.3) is 0 Å². The van der Waals surface area contributed by atoms with E-state index in [1.807, 2.05) is 0 Å². The summed E-state index contributed by atoms with van der Waals surface area (Å²) in [5.74, 6) is -0.158. The van der Waals surface area contributed by atoms with Gasteiger partial charge in [-0.15, -0.1) is 0 Å². The molecule has 0 bridgehead atoms. The smallest absolute Gasteiger partial charge is 0.118 e. The van der Waals surface area contributed by atoms with Crippen LogP contribution in [0.5, 0.6) is 0 Å². The maximum Gasteiger partial charge on any atom is 0.118 e. The number of halogens is 1. The molecule has 1 aliphatic carbocycles. The average Bonchev–Trinajstić information content (AvgIpc) is 2.16. The molecule has 1 atom stereocenters. The van der Waals surface area contributed by atoms with Crippen LogP contribution >= 0.6 is 0 Å². The van der Waals surface area contributed by atoms with Gasteiger partial charge in [-0.1, -0.05) is 6.08 Å². The van der Waals surface area contributed by atoms with E-state index in [0.29, 0.717) is 12.1 Å². The van der Waals surface area contributed by atoms with Crippen molar-refractivity contribution < 1.29 is 4.39 Å². The molecule has 0 amide bonds. The first-order valence-electron chi connectivity index (χ1n) is 4.03. The molecule has 1 unspecified atom stereocenters. The van der Waals surface area contributed by atoms with E-state index < -0.39 is 0 Å². The number of allylic oxidation sites excluding steroid dienone is 4. The average molecular weight is 181 g/mol. The SMILES string of the molecule is C/N=N\C(=C/N)C1C=CC(F)=CC1. The van der Waals surface area contributed by atoms with Crippen LogP contribution in [0.3, 0.4) is 0 Å². The molecule has 0 aliphatic heterocycles. The highest BCUT2D eigenvalue weighted by Gasteiger charge is 2.12. The summed E-state index contributed by atoms with van der Waals surface area (Å²) in [4.78, 5) is 0. The highest BCUT2D eigenvalue weighted by atomic mass is 19.1. The van der Waals surface area contributed by atoms with Crippen molar-refractivity contribution in [1.82, 2.24) is 0 Å². The van der Waals surface area contributed by atoms with Crippen molar-refractivity contribution in [3.8, 4) is 0 Å². The Morgan fingerprint density at radius 1 is 1.77 bits per heavy atom. The molecule has 70 valence electrons. The highest BCUT2D eigenvalue weighted by molar-refractivity contribution is 5.23. The Balaban J connectivity index is 2.70. The van der Waals surface area contributed by atoms with Crippen molar-refractivity contribution in [3.63, 3.8) is 0 Å². The van der Waals surface area contributed by atoms with Gasteiger partial charge < -0.3 is 5.73 Å². The minimum absolute atomic E-state index is 0.0493. The molecule has 0 radical (unpaired) electrons. The van der Waals surface area contributed by atoms with Crippen molar-refractivity contribution in [3.05, 3.63) is 36.0 Å². The predicted molar refractivity (Wildman–Crippen MR) is 49.5 cm³/mol. The Morgan fingerprint density at radius 3 is 3.00 bits per heavy atom. The van der Waals surface area contributed by atoms with E-state index in [-0.39, 0.29) is 11.7 Å². The Labute approximate surface area is 76.5 Å². The minimum Gasteiger partial charge on any atom is -0.403 e. The summed E-state index contributed by atoms with van der Waals surface area (Å²) in [6.07, 6.45) is 6.66. The molecule has 3 nitrogen and oxygen atoms in total. The van der Waals surface area contributed by atoms with Gasteiger partial charge >= 0.3 is 0 Å². The van der Waals surface area contributed by atoms with E-state index in [0.717, 1.165) is 0 Å². The van der Waals surface area contributed by atoms with Gasteiger partial charge in [-0.25, -0.2) is 4.39 Å². The van der Waals surface area contributed by atoms with Crippen LogP contribution < -0.4 is 5.73 Å². The monoisotopic (exact) mass is 181 g/mol. The second-order valence-electron chi connectivity index (χ2n) is 2.68. The van der Waals surface area contributed by atoms with E-state index in [9.17, 15) is 4.39 Å². The van der Waals surface area contributed by atoms with Crippen molar-refractivity contribution in [2.45, 2.75) is 6.42 Å². The summed E-state index contributed by atoms with van der Waals surface area (Å²) < 4.78 is 12.6. The van der Waals surface area contributed by atoms with Crippen molar-refractivity contribution in [1.29, 1.82) is 0 Å². The lowest BCUT2D eigenvalue weighted by atomic mass is 9.97. The number of nitrogens with zero attached hydrogens (tertiary/aromatic N) is 2. The number of nitrogens with two attached hydrogens (primary N) is 1. The lowest BCUT2D eigenvalue weighted by molar-refractivity contribution is 0.627. The minimum atomic E-state index is -0.207. The van der Waals surface area contributed by atoms with Crippen LogP contribution in [0.4, 0.5) is 4.39 Å². The number of azo groups is 1. The summed E-state index contributed by atoms with van der Waals surface area (Å²) in [6.45, 7) is 0. The van der Waals surface area contributed by atoms with Crippen LogP contribution in [0, 0.1) is 5.92 Å². The molecular weight excluding hydrogens is 169 g/mol. The van der Waals surface area contributed by atoms with Crippen LogP contribution in [0.1, 0.15) is 6.42 Å². The van der Waals surface area contributed by atoms with Crippen LogP contribution in [0.15, 0.2) is 46.2 Å². The standard InChI is InChI=1S/C9H12FN3/c1-12-13-9(6-11)7-2-4-8(10)5-3-7/h2,4-7H,3,11H2,1H3/b9-6-,13-12-. The third-order valence-corrected chi connectivity index (χ3v) is 1.82. The van der Waals surface area contributed by atoms with Crippen LogP contribution in [-0.4, -0.2) is 7.05 Å². The molecule has 0 heterocycles. The maximum absolute atomic E-state index is 12.6. The Kier molecular flexibility index (Phi) is 3.37. The summed E-state index contributed by atoms with van der Waals surface area (Å²) >= 11 is 0. The largest absolute Gasteiger partial charge is 0.403 e. The van der Waals surface area contributed by atoms with E-state index in [1.165, 1.54) is 18.4 Å². The van der Waals surface area contributed by atoms with Crippen LogP contribution in [0.2, 0.25) is 0 Å². The number of hydrogen-bond acceptors (Lipinski definition) is 3. The topological polar surface area (TPSA) is 50.7 Å². The summed E-state index contributed by atoms with van der Waals surface area (Å²) in [5.41, 5.74) is 6.03. The molecule has 0 fully saturated rings. The van der Waals surface area contributed by atoms with Gasteiger partial charge in [-0.05, 0) is 18.6 Å². The first-order valence-corrected chi connectivity index (χ1v) is 4.03. The normalized spacial score (nSPS) is 23.7. The Morgan fingerprint density at radius 2 is 2.54 bits per heavy atom. The Hall–Kier alpha value is -1.45. The van der Waals surface area contributed by atoms with Gasteiger partial charge in [0.1, 0.15) is 5.83 Å². The number of rotatable bonds is 2. The molecule has 0 saturated heterocycles. The van der Waals surface area contributed by atoms with Gasteiger partial charge in [0.2, 0.25) is 0 Å². The Bertz CT molecular complexity index is 289. The molecule has 0 aromatic rings. The zero-order valence-electron chi connectivity index (χ0n) is 7.44. The van der Waals surface area contributed by atoms with E-state index in [2.05, 4.69) is 10.2 Å². The molecule has 0 aromatic heterocycles. The first-order chi connectivity index (χ1) is 6.27. The molecule has 1 rings (SSSR count). The molecule has 4 heteroatoms. The van der Waals surface area contributed by atoms with Crippen molar-refractivity contribution in [2.24, 2.45) is 21.9 Å². The third kappa shape index (κ3) is 2.50. The predicted octanol–water partition coefficient (Wildman–Crippen LogP) is 2.30. The second-order valence-corrected chi connectivity index (χ2v) is 2.68. The molecule has 13 heavy (non-hydrogen) atoms. The first kappa shape index (κ1) is 9.64. The molecule has 0 aromatic carbocycles. The summed E-state index contributed by atoms with van der Waals surface area (Å²) in [5, 5.41) is 7.48. The molecule has 1 aliphatic rings. The summed E-state index contributed by atoms with van der Waals surface area (Å²) in [7, 11) is 1.58. The van der Waals surface area contributed by atoms with Crippen molar-refractivity contribution in [2.75, 3.05) is 7.05 Å². The van der Waals surface area contributed by atoms with E-state index in [4.69, 9.17) is 5.73 Å². The fourth-order valence-electron chi connectivity index (χ4n) is 1.16. The van der Waals surface area contributed by atoms with Crippen molar-refractivity contribution >= 4 is 0 Å². The maximum atomic E-state index is 12.6. The molecule has 2 N–H and O–H groups in total. The van der Waals surface area contributed by atoms with Gasteiger partial charge in [0.05, 0.1) is 5.70 Å². The molecule has 0 saturated carbocycles. The third-order valence-electron chi connectivity index (χ3n) is 1.82. The number of hydrogen-bond donors (Lipinski definition) is 1. The molecule has 0 spiro atoms. The lowest BCUT2D eigenvalue weighted by Crippen LogP contribution is -2.03. The molecular formula is C9H12FN3. The lowest BCUT2D eigenvalue weighted by Gasteiger charge is -2.12. The van der Waals surface area contributed by atoms with Gasteiger partial charge in [-0.2, -0.15) is 10.2 Å². The van der Waals surface area contributed by atoms with Crippen LogP contribution in [-0.2, 0) is 0 Å². The zero-order chi connectivity index (χ0) is 9.68. The van der Waals surface area contributed by atoms with Gasteiger partial charge in [0.15, 0.2) is 0 Å². The van der Waals surface area contributed by atoms with E-state index >= 15 is 0 Å². The van der Waals surface area contributed by atoms with Gasteiger partial charge in [0, 0.05) is 19.2 Å². The second kappa shape index (κ2) is 4.54. The van der Waals surface area contributed by atoms with Crippen LogP contribution in [0.25, 0.3) is 0 Å². The highest BCUT2D eigenvalue weighted by Crippen LogP contribution is 2.24. The van der Waals surface area contributed by atoms with E-state index in [1.54, 1.807) is 13.1 Å². The zero-order valence-corrected chi connectivity index (χ0v) is 7.44. The van der Waals surface area contributed by atoms with Gasteiger partial charge in [-0.3, -0.25) is 0 Å². The fourth-order valence-corrected chi connectivity index (χ4v) is 1.16.